The van der Waals surface area contributed by atoms with Crippen molar-refractivity contribution in [2.24, 2.45) is 0 Å². The molecule has 0 amide bonds. The molecule has 81 valence electrons. The quantitative estimate of drug-likeness (QED) is 0.248. The average molecular weight is 377 g/mol. The molecule has 0 aliphatic rings. The third-order valence-electron chi connectivity index (χ3n) is 0. The molecule has 0 aromatic rings. The minimum absolute atomic E-state index is 0. The zero-order valence-electron chi connectivity index (χ0n) is 5.92. The van der Waals surface area contributed by atoms with E-state index in [9.17, 15) is 0 Å². The minimum atomic E-state index is -5.17. The van der Waals surface area contributed by atoms with Gasteiger partial charge in [0.15, 0.2) is 0 Å². The summed E-state index contributed by atoms with van der Waals surface area (Å²) in [5, 5.41) is 0. The first-order valence-corrected chi connectivity index (χ1v) is 4.05. The van der Waals surface area contributed by atoms with E-state index in [4.69, 9.17) is 35.0 Å². The number of hydrogen-bond acceptors (Lipinski definition) is 7. The molecule has 0 heterocycles. The van der Waals surface area contributed by atoms with Crippen molar-refractivity contribution in [3.8, 4) is 0 Å². The first-order chi connectivity index (χ1) is 4.00. The van der Waals surface area contributed by atoms with Gasteiger partial charge in [-0.05, 0) is 0 Å². The van der Waals surface area contributed by atoms with Crippen LogP contribution in [0.4, 0.5) is 0 Å². The molecule has 0 aliphatic heterocycles. The monoisotopic (exact) mass is 377 g/mol. The number of rotatable bonds is 0. The molecule has 8 nitrogen and oxygen atoms in total. The van der Waals surface area contributed by atoms with Crippen molar-refractivity contribution in [1.29, 1.82) is 0 Å². The molecule has 13 heteroatoms. The van der Waals surface area contributed by atoms with Crippen molar-refractivity contribution in [2.75, 3.05) is 0 Å². The van der Waals surface area contributed by atoms with E-state index in [1.807, 2.05) is 0 Å². The molecule has 0 bridgehead atoms. The Hall–Kier alpha value is 2.42. The Balaban J connectivity index is -0.0000000267. The van der Waals surface area contributed by atoms with Crippen molar-refractivity contribution in [3.63, 3.8) is 0 Å². The van der Waals surface area contributed by atoms with Gasteiger partial charge in [-0.3, -0.25) is 13.0 Å². The number of hydrogen-bond donors (Lipinski definition) is 1. The predicted molar refractivity (Wildman–Crippen MR) is 31.3 cm³/mol. The van der Waals surface area contributed by atoms with Crippen LogP contribution in [0.1, 0.15) is 0 Å². The molecule has 0 saturated heterocycles. The Morgan fingerprint density at radius 2 is 0.923 bits per heavy atom. The van der Waals surface area contributed by atoms with Gasteiger partial charge in [0.05, 0.1) is 0 Å². The van der Waals surface area contributed by atoms with Crippen LogP contribution in [0.5, 0.6) is 0 Å². The molecule has 0 aromatic carbocycles. The molecule has 13 heavy (non-hydrogen) atoms. The van der Waals surface area contributed by atoms with Crippen LogP contribution in [0.25, 0.3) is 0 Å². The molecule has 0 aromatic heterocycles. The average Bonchev–Trinajstić information content (AvgIpc) is 1.12. The third-order valence-corrected chi connectivity index (χ3v) is 0. The summed E-state index contributed by atoms with van der Waals surface area (Å²) in [5.41, 5.74) is 0. The van der Waals surface area contributed by atoms with Gasteiger partial charge in [-0.15, -0.1) is 0 Å². The zero-order chi connectivity index (χ0) is 9.00. The summed E-state index contributed by atoms with van der Waals surface area (Å²) in [6, 6.07) is 0. The van der Waals surface area contributed by atoms with Crippen molar-refractivity contribution in [3.05, 3.63) is 0 Å². The molecule has 0 atom stereocenters. The van der Waals surface area contributed by atoms with Crippen LogP contribution < -0.4 is 51.4 Å². The van der Waals surface area contributed by atoms with Crippen LogP contribution in [-0.4, -0.2) is 52.1 Å². The second-order valence-electron chi connectivity index (χ2n) is 0.836. The molecule has 0 aliphatic carbocycles. The summed E-state index contributed by atoms with van der Waals surface area (Å²) in [6.07, 6.45) is 0. The standard InChI is InChI=1S/Cu.K.2H2O4S.H2Se/c;;2*1-5(2,3)4;/h;;2*(H2,1,2,3,4);1H2/q+2;+1;;;/p-3. The fraction of sp³-hybridized carbons (Fsp3) is 0. The van der Waals surface area contributed by atoms with E-state index in [1.165, 1.54) is 0 Å². The Kier molecular flexibility index (Phi) is 28.4. The first kappa shape index (κ1) is 29.5. The van der Waals surface area contributed by atoms with Crippen LogP contribution in [0.15, 0.2) is 0 Å². The summed E-state index contributed by atoms with van der Waals surface area (Å²) in [6.45, 7) is 0. The summed E-state index contributed by atoms with van der Waals surface area (Å²) in [5.74, 6) is 0. The normalized spacial score (nSPS) is 8.92. The summed E-state index contributed by atoms with van der Waals surface area (Å²) < 4.78 is 66.9. The molecule has 0 unspecified atom stereocenters. The van der Waals surface area contributed by atoms with Crippen LogP contribution in [0.3, 0.4) is 0 Å². The third kappa shape index (κ3) is 381. The van der Waals surface area contributed by atoms with Crippen LogP contribution >= 0.6 is 0 Å². The van der Waals surface area contributed by atoms with Gasteiger partial charge in [0, 0.05) is 10.4 Å². The van der Waals surface area contributed by atoms with E-state index >= 15 is 0 Å². The van der Waals surface area contributed by atoms with Gasteiger partial charge in [0.25, 0.3) is 0 Å². The molecule has 1 N–H and O–H groups in total. The maximum absolute atomic E-state index is 8.63. The van der Waals surface area contributed by atoms with Gasteiger partial charge >= 0.3 is 85.5 Å². The molecule has 0 saturated carbocycles. The van der Waals surface area contributed by atoms with Gasteiger partial charge < -0.3 is 13.7 Å². The summed E-state index contributed by atoms with van der Waals surface area (Å²) in [7, 11) is -10.1. The van der Waals surface area contributed by atoms with E-state index in [1.54, 1.807) is 0 Å². The SMILES string of the molecule is O=S(=O)([O-])O.O=S(=O)([O-])[O-].[Cu+2].[K+].[SeH2]. The topological polar surface area (TPSA) is 158 Å². The Morgan fingerprint density at radius 3 is 0.923 bits per heavy atom. The second kappa shape index (κ2) is 12.5. The molecule has 0 rings (SSSR count). The molecular formula is H3CuKO8S2Se. The van der Waals surface area contributed by atoms with E-state index in [-0.39, 0.29) is 85.5 Å². The van der Waals surface area contributed by atoms with Gasteiger partial charge in [0.1, 0.15) is 0 Å². The van der Waals surface area contributed by atoms with Gasteiger partial charge in [-0.2, -0.15) is 0 Å². The molecule has 1 radical (unpaired) electrons. The zero-order valence-corrected chi connectivity index (χ0v) is 13.7. The predicted octanol–water partition coefficient (Wildman–Crippen LogP) is -6.25. The maximum atomic E-state index is 8.63. The van der Waals surface area contributed by atoms with Gasteiger partial charge in [-0.25, -0.2) is 8.42 Å². The Morgan fingerprint density at radius 1 is 0.923 bits per heavy atom. The fourth-order valence-electron chi connectivity index (χ4n) is 0. The fourth-order valence-corrected chi connectivity index (χ4v) is 0. The Labute approximate surface area is 139 Å². The van der Waals surface area contributed by atoms with E-state index in [0.717, 1.165) is 0 Å². The molecule has 0 spiro atoms. The Bertz CT molecular complexity index is 219. The first-order valence-electron chi connectivity index (χ1n) is 1.35. The summed E-state index contributed by atoms with van der Waals surface area (Å²) >= 11 is 0. The van der Waals surface area contributed by atoms with E-state index in [2.05, 4.69) is 0 Å². The van der Waals surface area contributed by atoms with Crippen molar-refractivity contribution in [2.45, 2.75) is 0 Å². The van der Waals surface area contributed by atoms with Crippen molar-refractivity contribution < 1.29 is 103 Å². The second-order valence-corrected chi connectivity index (χ2v) is 2.51. The van der Waals surface area contributed by atoms with Gasteiger partial charge in [-0.1, -0.05) is 0 Å². The van der Waals surface area contributed by atoms with Crippen LogP contribution in [0, 0.1) is 0 Å². The molecular weight excluding hydrogens is 374 g/mol. The van der Waals surface area contributed by atoms with Crippen molar-refractivity contribution in [1.82, 2.24) is 0 Å². The van der Waals surface area contributed by atoms with Crippen LogP contribution in [-0.2, 0) is 37.9 Å². The van der Waals surface area contributed by atoms with Crippen LogP contribution in [0.2, 0.25) is 0 Å². The van der Waals surface area contributed by atoms with E-state index < -0.39 is 20.8 Å². The van der Waals surface area contributed by atoms with E-state index in [0.29, 0.717) is 0 Å². The van der Waals surface area contributed by atoms with Gasteiger partial charge in [0.2, 0.25) is 10.4 Å². The summed E-state index contributed by atoms with van der Waals surface area (Å²) in [4.78, 5) is 0. The van der Waals surface area contributed by atoms with Crippen molar-refractivity contribution >= 4 is 37.9 Å². The molecule has 0 fully saturated rings.